The van der Waals surface area contributed by atoms with Crippen molar-refractivity contribution < 1.29 is 4.39 Å². The predicted octanol–water partition coefficient (Wildman–Crippen LogP) is 3.34. The van der Waals surface area contributed by atoms with Gasteiger partial charge in [0.15, 0.2) is 0 Å². The van der Waals surface area contributed by atoms with Gasteiger partial charge in [-0.1, -0.05) is 32.4 Å². The molecule has 19 heavy (non-hydrogen) atoms. The Morgan fingerprint density at radius 1 is 1.26 bits per heavy atom. The fourth-order valence-electron chi connectivity index (χ4n) is 2.91. The predicted molar refractivity (Wildman–Crippen MR) is 77.4 cm³/mol. The van der Waals surface area contributed by atoms with E-state index < -0.39 is 0 Å². The van der Waals surface area contributed by atoms with Crippen molar-refractivity contribution in [3.05, 3.63) is 35.6 Å². The maximum Gasteiger partial charge on any atom is 0.123 e. The van der Waals surface area contributed by atoms with Gasteiger partial charge in [0.2, 0.25) is 0 Å². The van der Waals surface area contributed by atoms with E-state index in [9.17, 15) is 4.39 Å². The molecule has 1 aliphatic rings. The highest BCUT2D eigenvalue weighted by molar-refractivity contribution is 5.20. The van der Waals surface area contributed by atoms with Crippen molar-refractivity contribution in [3.63, 3.8) is 0 Å². The van der Waals surface area contributed by atoms with E-state index in [1.54, 1.807) is 0 Å². The van der Waals surface area contributed by atoms with Crippen LogP contribution in [-0.4, -0.2) is 24.5 Å². The van der Waals surface area contributed by atoms with Crippen molar-refractivity contribution in [3.8, 4) is 0 Å². The third-order valence-electron chi connectivity index (χ3n) is 4.78. The fourth-order valence-corrected chi connectivity index (χ4v) is 2.91. The summed E-state index contributed by atoms with van der Waals surface area (Å²) in [4.78, 5) is 2.45. The lowest BCUT2D eigenvalue weighted by atomic mass is 9.78. The molecule has 0 bridgehead atoms. The lowest BCUT2D eigenvalue weighted by Gasteiger charge is -2.42. The molecule has 1 unspecified atom stereocenters. The van der Waals surface area contributed by atoms with Crippen LogP contribution in [0.2, 0.25) is 0 Å². The molecule has 1 heterocycles. The second kappa shape index (κ2) is 6.02. The first-order valence-corrected chi connectivity index (χ1v) is 7.27. The summed E-state index contributed by atoms with van der Waals surface area (Å²) < 4.78 is 13.0. The van der Waals surface area contributed by atoms with E-state index in [-0.39, 0.29) is 11.9 Å². The van der Waals surface area contributed by atoms with Gasteiger partial charge in [-0.2, -0.15) is 0 Å². The van der Waals surface area contributed by atoms with Crippen molar-refractivity contribution in [2.75, 3.05) is 19.6 Å². The molecule has 1 saturated heterocycles. The minimum Gasteiger partial charge on any atom is -0.329 e. The van der Waals surface area contributed by atoms with E-state index in [0.29, 0.717) is 12.0 Å². The molecule has 0 spiro atoms. The number of hydrogen-bond acceptors (Lipinski definition) is 2. The van der Waals surface area contributed by atoms with Crippen LogP contribution in [-0.2, 0) is 0 Å². The average molecular weight is 264 g/mol. The normalized spacial score (nSPS) is 21.3. The standard InChI is InChI=1S/C16H25FN2/c1-3-16(2)8-10-19(11-9-16)15(12-18)13-4-6-14(17)7-5-13/h4-7,15H,3,8-12,18H2,1-2H3. The largest absolute Gasteiger partial charge is 0.329 e. The number of piperidine rings is 1. The van der Waals surface area contributed by atoms with Gasteiger partial charge < -0.3 is 5.73 Å². The van der Waals surface area contributed by atoms with Crippen LogP contribution in [0, 0.1) is 11.2 Å². The number of rotatable bonds is 4. The molecule has 1 fully saturated rings. The van der Waals surface area contributed by atoms with Crippen LogP contribution >= 0.6 is 0 Å². The van der Waals surface area contributed by atoms with Crippen LogP contribution in [0.25, 0.3) is 0 Å². The van der Waals surface area contributed by atoms with Gasteiger partial charge in [-0.25, -0.2) is 4.39 Å². The van der Waals surface area contributed by atoms with Gasteiger partial charge in [0.1, 0.15) is 5.82 Å². The van der Waals surface area contributed by atoms with Crippen molar-refractivity contribution in [1.82, 2.24) is 4.90 Å². The van der Waals surface area contributed by atoms with E-state index in [1.807, 2.05) is 12.1 Å². The first-order chi connectivity index (χ1) is 9.08. The van der Waals surface area contributed by atoms with Crippen LogP contribution < -0.4 is 5.73 Å². The Bertz CT molecular complexity index is 394. The Kier molecular flexibility index (Phi) is 4.58. The molecule has 0 aromatic heterocycles. The Labute approximate surface area is 115 Å². The molecule has 1 aromatic rings. The summed E-state index contributed by atoms with van der Waals surface area (Å²) in [6.45, 7) is 7.41. The molecule has 106 valence electrons. The third kappa shape index (κ3) is 3.34. The summed E-state index contributed by atoms with van der Waals surface area (Å²) in [6.07, 6.45) is 3.69. The third-order valence-corrected chi connectivity index (χ3v) is 4.78. The molecular formula is C16H25FN2. The molecule has 1 aromatic carbocycles. The van der Waals surface area contributed by atoms with Gasteiger partial charge in [-0.15, -0.1) is 0 Å². The number of nitrogens with two attached hydrogens (primary N) is 1. The molecule has 2 rings (SSSR count). The molecule has 1 atom stereocenters. The zero-order valence-corrected chi connectivity index (χ0v) is 12.0. The lowest BCUT2D eigenvalue weighted by Crippen LogP contribution is -2.42. The van der Waals surface area contributed by atoms with Crippen LogP contribution in [0.1, 0.15) is 44.7 Å². The minimum atomic E-state index is -0.184. The molecule has 2 N–H and O–H groups in total. The fraction of sp³-hybridized carbons (Fsp3) is 0.625. The Morgan fingerprint density at radius 3 is 2.32 bits per heavy atom. The van der Waals surface area contributed by atoms with Gasteiger partial charge in [-0.05, 0) is 49.0 Å². The Hall–Kier alpha value is -0.930. The van der Waals surface area contributed by atoms with Gasteiger partial charge in [0.05, 0.1) is 0 Å². The second-order valence-corrected chi connectivity index (χ2v) is 6.00. The molecule has 1 aliphatic heterocycles. The van der Waals surface area contributed by atoms with Gasteiger partial charge in [0.25, 0.3) is 0 Å². The smallest absolute Gasteiger partial charge is 0.123 e. The topological polar surface area (TPSA) is 29.3 Å². The van der Waals surface area contributed by atoms with E-state index in [4.69, 9.17) is 5.73 Å². The second-order valence-electron chi connectivity index (χ2n) is 6.00. The minimum absolute atomic E-state index is 0.184. The zero-order chi connectivity index (χ0) is 13.9. The highest BCUT2D eigenvalue weighted by Crippen LogP contribution is 2.36. The zero-order valence-electron chi connectivity index (χ0n) is 12.0. The number of hydrogen-bond donors (Lipinski definition) is 1. The van der Waals surface area contributed by atoms with E-state index in [1.165, 1.54) is 31.4 Å². The van der Waals surface area contributed by atoms with Crippen molar-refractivity contribution in [2.24, 2.45) is 11.1 Å². The molecule has 0 aliphatic carbocycles. The lowest BCUT2D eigenvalue weighted by molar-refractivity contribution is 0.0829. The summed E-state index contributed by atoms with van der Waals surface area (Å²) in [5, 5.41) is 0. The Balaban J connectivity index is 2.05. The number of benzene rings is 1. The first kappa shape index (κ1) is 14.5. The monoisotopic (exact) mass is 264 g/mol. The van der Waals surface area contributed by atoms with Crippen molar-refractivity contribution in [1.29, 1.82) is 0 Å². The quantitative estimate of drug-likeness (QED) is 0.903. The van der Waals surface area contributed by atoms with E-state index in [2.05, 4.69) is 18.7 Å². The van der Waals surface area contributed by atoms with E-state index >= 15 is 0 Å². The molecular weight excluding hydrogens is 239 g/mol. The average Bonchev–Trinajstić information content (AvgIpc) is 2.44. The van der Waals surface area contributed by atoms with Gasteiger partial charge >= 0.3 is 0 Å². The molecule has 2 nitrogen and oxygen atoms in total. The van der Waals surface area contributed by atoms with Crippen LogP contribution in [0.3, 0.4) is 0 Å². The Morgan fingerprint density at radius 2 is 1.84 bits per heavy atom. The molecule has 0 radical (unpaired) electrons. The van der Waals surface area contributed by atoms with Crippen LogP contribution in [0.5, 0.6) is 0 Å². The summed E-state index contributed by atoms with van der Waals surface area (Å²) in [6, 6.07) is 7.00. The molecule has 3 heteroatoms. The first-order valence-electron chi connectivity index (χ1n) is 7.27. The number of likely N-dealkylation sites (tertiary alicyclic amines) is 1. The van der Waals surface area contributed by atoms with E-state index in [0.717, 1.165) is 18.7 Å². The maximum absolute atomic E-state index is 13.0. The van der Waals surface area contributed by atoms with Crippen LogP contribution in [0.4, 0.5) is 4.39 Å². The SMILES string of the molecule is CCC1(C)CCN(C(CN)c2ccc(F)cc2)CC1. The van der Waals surface area contributed by atoms with Crippen molar-refractivity contribution in [2.45, 2.75) is 39.2 Å². The maximum atomic E-state index is 13.0. The number of halogens is 1. The number of nitrogens with zero attached hydrogens (tertiary/aromatic N) is 1. The summed E-state index contributed by atoms with van der Waals surface area (Å²) >= 11 is 0. The highest BCUT2D eigenvalue weighted by atomic mass is 19.1. The summed E-state index contributed by atoms with van der Waals surface area (Å²) in [7, 11) is 0. The van der Waals surface area contributed by atoms with Gasteiger partial charge in [-0.3, -0.25) is 4.90 Å². The van der Waals surface area contributed by atoms with Crippen LogP contribution in [0.15, 0.2) is 24.3 Å². The molecule has 0 amide bonds. The summed E-state index contributed by atoms with van der Waals surface area (Å²) in [5.74, 6) is -0.184. The van der Waals surface area contributed by atoms with Gasteiger partial charge in [0, 0.05) is 12.6 Å². The molecule has 0 saturated carbocycles. The highest BCUT2D eigenvalue weighted by Gasteiger charge is 2.31. The van der Waals surface area contributed by atoms with Crippen molar-refractivity contribution >= 4 is 0 Å². The summed E-state index contributed by atoms with van der Waals surface area (Å²) in [5.41, 5.74) is 7.55.